The second-order valence-corrected chi connectivity index (χ2v) is 11.8. The predicted molar refractivity (Wildman–Crippen MR) is 176 cm³/mol. The van der Waals surface area contributed by atoms with Crippen LogP contribution < -0.4 is 20.5 Å². The molecule has 0 aromatic carbocycles. The second-order valence-electron chi connectivity index (χ2n) is 11.8. The lowest BCUT2D eigenvalue weighted by Crippen LogP contribution is -2.31. The molecule has 46 heavy (non-hydrogen) atoms. The molecule has 0 aliphatic heterocycles. The van der Waals surface area contributed by atoms with E-state index in [9.17, 15) is 22.8 Å². The highest BCUT2D eigenvalue weighted by atomic mass is 19.4. The number of carbonyl (C=O) groups is 1. The van der Waals surface area contributed by atoms with Crippen molar-refractivity contribution in [2.24, 2.45) is 0 Å². The molecule has 4 heterocycles. The molecule has 9 nitrogen and oxygen atoms in total. The van der Waals surface area contributed by atoms with Gasteiger partial charge in [-0.05, 0) is 88.2 Å². The highest BCUT2D eigenvalue weighted by Crippen LogP contribution is 2.34. The van der Waals surface area contributed by atoms with Crippen molar-refractivity contribution in [3.05, 3.63) is 86.7 Å². The molecule has 0 fully saturated rings. The fourth-order valence-electron chi connectivity index (χ4n) is 5.55. The van der Waals surface area contributed by atoms with Crippen LogP contribution in [0.1, 0.15) is 53.1 Å². The van der Waals surface area contributed by atoms with Crippen molar-refractivity contribution in [2.45, 2.75) is 46.8 Å². The average Bonchev–Trinajstić information content (AvgIpc) is 3.40. The van der Waals surface area contributed by atoms with Crippen molar-refractivity contribution in [3.63, 3.8) is 0 Å². The van der Waals surface area contributed by atoms with Gasteiger partial charge in [0.1, 0.15) is 11.6 Å². The molecule has 2 N–H and O–H groups in total. The highest BCUT2D eigenvalue weighted by molar-refractivity contribution is 6.00. The van der Waals surface area contributed by atoms with Crippen molar-refractivity contribution < 1.29 is 22.7 Å². The van der Waals surface area contributed by atoms with E-state index in [2.05, 4.69) is 15.3 Å². The number of carbonyl (C=O) groups excluding carboxylic acids is 1. The van der Waals surface area contributed by atoms with Gasteiger partial charge in [-0.25, -0.2) is 4.98 Å². The van der Waals surface area contributed by atoms with Gasteiger partial charge >= 0.3 is 6.18 Å². The van der Waals surface area contributed by atoms with Crippen molar-refractivity contribution in [1.82, 2.24) is 24.6 Å². The second kappa shape index (κ2) is 13.8. The molecule has 0 radical (unpaired) electrons. The number of allylic oxidation sites excluding steroid dienone is 1. The SMILES string of the molecule is COc1cc(C)[nH]c(=O)c1CNC(=O)c1cc2c(-c3ccnc(N(C)C)c3)ccn2c(/C(C)=C(/C)CCN(C)CC(F)(F)F)c1C. The Labute approximate surface area is 266 Å². The zero-order valence-electron chi connectivity index (χ0n) is 27.5. The van der Waals surface area contributed by atoms with Crippen LogP contribution in [0.15, 0.2) is 53.1 Å². The third-order valence-electron chi connectivity index (χ3n) is 8.15. The Hall–Kier alpha value is -4.58. The van der Waals surface area contributed by atoms with Gasteiger partial charge in [-0.1, -0.05) is 5.57 Å². The van der Waals surface area contributed by atoms with Gasteiger partial charge in [-0.3, -0.25) is 14.5 Å². The number of halogens is 3. The summed E-state index contributed by atoms with van der Waals surface area (Å²) >= 11 is 0. The first kappa shape index (κ1) is 34.3. The van der Waals surface area contributed by atoms with E-state index in [1.54, 1.807) is 19.2 Å². The van der Waals surface area contributed by atoms with Crippen molar-refractivity contribution in [1.29, 1.82) is 0 Å². The lowest BCUT2D eigenvalue weighted by atomic mass is 9.96. The molecule has 0 saturated carbocycles. The Bertz CT molecular complexity index is 1840. The smallest absolute Gasteiger partial charge is 0.401 e. The molecule has 4 aromatic rings. The number of hydrogen-bond donors (Lipinski definition) is 2. The molecule has 4 aromatic heterocycles. The lowest BCUT2D eigenvalue weighted by molar-refractivity contribution is -0.142. The van der Waals surface area contributed by atoms with Gasteiger partial charge in [0.05, 0.1) is 37.0 Å². The molecule has 12 heteroatoms. The summed E-state index contributed by atoms with van der Waals surface area (Å²) in [6.45, 7) is 6.61. The number of pyridine rings is 3. The fraction of sp³-hybridized carbons (Fsp3) is 0.382. The summed E-state index contributed by atoms with van der Waals surface area (Å²) in [5.74, 6) is 0.770. The van der Waals surface area contributed by atoms with Crippen molar-refractivity contribution in [2.75, 3.05) is 46.2 Å². The Morgan fingerprint density at radius 1 is 1.11 bits per heavy atom. The molecule has 0 spiro atoms. The number of anilines is 1. The third kappa shape index (κ3) is 7.61. The summed E-state index contributed by atoms with van der Waals surface area (Å²) in [6, 6.07) is 9.38. The number of ether oxygens (including phenoxy) is 1. The van der Waals surface area contributed by atoms with Gasteiger partial charge in [-0.2, -0.15) is 13.2 Å². The van der Waals surface area contributed by atoms with Crippen LogP contribution in [-0.4, -0.2) is 72.7 Å². The Balaban J connectivity index is 1.82. The van der Waals surface area contributed by atoms with E-state index < -0.39 is 12.7 Å². The van der Waals surface area contributed by atoms with Crippen LogP contribution in [0.5, 0.6) is 5.75 Å². The number of nitrogens with one attached hydrogen (secondary N) is 2. The van der Waals surface area contributed by atoms with Crippen LogP contribution in [0.4, 0.5) is 19.0 Å². The standard InChI is InChI=1S/C34H41F3N6O3/c1-20(10-13-42(7)19-34(35,36)37)22(3)31-23(4)26(32(44)39-18-27-29(46-8)15-21(2)40-33(27)45)17-28-25(11-14-43(28)31)24-9-12-38-30(16-24)41(5)6/h9,11-12,14-17H,10,13,18-19H2,1-8H3,(H,39,44)(H,40,45)/b22-20-. The molecular formula is C34H41F3N6O3. The summed E-state index contributed by atoms with van der Waals surface area (Å²) in [6.07, 6.45) is -0.194. The summed E-state index contributed by atoms with van der Waals surface area (Å²) in [4.78, 5) is 36.9. The number of methoxy groups -OCH3 is 1. The zero-order valence-corrected chi connectivity index (χ0v) is 27.5. The van der Waals surface area contributed by atoms with Gasteiger partial charge in [0.15, 0.2) is 0 Å². The number of aryl methyl sites for hydroxylation is 1. The normalized spacial score (nSPS) is 12.4. The molecule has 0 saturated heterocycles. The molecular weight excluding hydrogens is 597 g/mol. The first-order valence-corrected chi connectivity index (χ1v) is 14.9. The van der Waals surface area contributed by atoms with Crippen LogP contribution in [0.3, 0.4) is 0 Å². The summed E-state index contributed by atoms with van der Waals surface area (Å²) in [7, 11) is 6.74. The van der Waals surface area contributed by atoms with Crippen LogP contribution in [0, 0.1) is 13.8 Å². The number of rotatable bonds is 11. The maximum Gasteiger partial charge on any atom is 0.401 e. The number of nitrogens with zero attached hydrogens (tertiary/aromatic N) is 4. The summed E-state index contributed by atoms with van der Waals surface area (Å²) in [5, 5.41) is 2.89. The predicted octanol–water partition coefficient (Wildman–Crippen LogP) is 5.99. The number of hydrogen-bond acceptors (Lipinski definition) is 6. The topological polar surface area (TPSA) is 95.0 Å². The third-order valence-corrected chi connectivity index (χ3v) is 8.15. The highest BCUT2D eigenvalue weighted by Gasteiger charge is 2.29. The number of alkyl halides is 3. The molecule has 246 valence electrons. The summed E-state index contributed by atoms with van der Waals surface area (Å²) < 4.78 is 46.2. The van der Waals surface area contributed by atoms with Gasteiger partial charge in [0, 0.05) is 49.9 Å². The minimum absolute atomic E-state index is 0.0542. The lowest BCUT2D eigenvalue weighted by Gasteiger charge is -2.21. The van der Waals surface area contributed by atoms with E-state index in [-0.39, 0.29) is 24.6 Å². The van der Waals surface area contributed by atoms with Crippen molar-refractivity contribution >= 4 is 22.8 Å². The van der Waals surface area contributed by atoms with Gasteiger partial charge < -0.3 is 24.3 Å². The van der Waals surface area contributed by atoms with Gasteiger partial charge in [0.2, 0.25) is 0 Å². The number of amides is 1. The largest absolute Gasteiger partial charge is 0.496 e. The number of aromatic amines is 1. The quantitative estimate of drug-likeness (QED) is 0.210. The minimum Gasteiger partial charge on any atom is -0.496 e. The van der Waals surface area contributed by atoms with E-state index >= 15 is 0 Å². The molecule has 0 atom stereocenters. The maximum atomic E-state index is 13.8. The molecule has 1 amide bonds. The maximum absolute atomic E-state index is 13.8. The number of H-pyrrole nitrogens is 1. The van der Waals surface area contributed by atoms with Crippen LogP contribution in [-0.2, 0) is 6.54 Å². The van der Waals surface area contributed by atoms with E-state index in [4.69, 9.17) is 4.74 Å². The first-order chi connectivity index (χ1) is 21.6. The zero-order chi connectivity index (χ0) is 33.9. The van der Waals surface area contributed by atoms with E-state index in [0.29, 0.717) is 34.6 Å². The Morgan fingerprint density at radius 3 is 2.48 bits per heavy atom. The molecule has 4 rings (SSSR count). The minimum atomic E-state index is -4.28. The number of fused-ring (bicyclic) bond motifs is 1. The molecule has 0 unspecified atom stereocenters. The van der Waals surface area contributed by atoms with Crippen LogP contribution in [0.2, 0.25) is 0 Å². The number of aromatic nitrogens is 3. The molecule has 0 aliphatic carbocycles. The Morgan fingerprint density at radius 2 is 1.83 bits per heavy atom. The van der Waals surface area contributed by atoms with E-state index in [1.165, 1.54) is 19.1 Å². The van der Waals surface area contributed by atoms with Crippen LogP contribution >= 0.6 is 0 Å². The molecule has 0 aliphatic rings. The molecule has 0 bridgehead atoms. The van der Waals surface area contributed by atoms with Gasteiger partial charge in [0.25, 0.3) is 11.5 Å². The van der Waals surface area contributed by atoms with E-state index in [1.807, 2.05) is 74.6 Å². The van der Waals surface area contributed by atoms with Crippen molar-refractivity contribution in [3.8, 4) is 16.9 Å². The van der Waals surface area contributed by atoms with Crippen LogP contribution in [0.25, 0.3) is 22.2 Å². The monoisotopic (exact) mass is 638 g/mol. The fourth-order valence-corrected chi connectivity index (χ4v) is 5.55. The van der Waals surface area contributed by atoms with Gasteiger partial charge in [-0.15, -0.1) is 0 Å². The van der Waals surface area contributed by atoms with E-state index in [0.717, 1.165) is 39.3 Å². The Kier molecular flexibility index (Phi) is 10.3. The summed E-state index contributed by atoms with van der Waals surface area (Å²) in [5.41, 5.74) is 6.80. The first-order valence-electron chi connectivity index (χ1n) is 14.9. The average molecular weight is 639 g/mol.